The molecule has 0 spiro atoms. The summed E-state index contributed by atoms with van der Waals surface area (Å²) in [5.41, 5.74) is 1.06. The molecule has 2 heterocycles. The van der Waals surface area contributed by atoms with Gasteiger partial charge in [0.15, 0.2) is 21.9 Å². The molecule has 86 valence electrons. The second-order valence-corrected chi connectivity index (χ2v) is 5.66. The lowest BCUT2D eigenvalue weighted by atomic mass is 10.2. The Morgan fingerprint density at radius 2 is 2.12 bits per heavy atom. The molecule has 1 aliphatic heterocycles. The van der Waals surface area contributed by atoms with Crippen molar-refractivity contribution in [3.8, 4) is 5.88 Å². The van der Waals surface area contributed by atoms with Crippen molar-refractivity contribution in [2.45, 2.75) is 12.2 Å². The second kappa shape index (κ2) is 3.82. The van der Waals surface area contributed by atoms with E-state index in [-0.39, 0.29) is 17.3 Å². The Morgan fingerprint density at radius 1 is 1.38 bits per heavy atom. The maximum Gasteiger partial charge on any atom is 0.220 e. The van der Waals surface area contributed by atoms with Gasteiger partial charge in [0, 0.05) is 5.56 Å². The number of sulfone groups is 1. The molecule has 2 rings (SSSR count). The van der Waals surface area contributed by atoms with Gasteiger partial charge in [-0.2, -0.15) is 4.98 Å². The van der Waals surface area contributed by atoms with Crippen molar-refractivity contribution < 1.29 is 17.9 Å². The van der Waals surface area contributed by atoms with Crippen LogP contribution in [0.1, 0.15) is 21.9 Å². The molecule has 0 bridgehead atoms. The van der Waals surface area contributed by atoms with Crippen LogP contribution in [0.15, 0.2) is 0 Å². The van der Waals surface area contributed by atoms with Crippen LogP contribution in [0, 0.1) is 0 Å². The predicted octanol–water partition coefficient (Wildman–Crippen LogP) is -0.231. The van der Waals surface area contributed by atoms with Gasteiger partial charge < -0.3 is 4.74 Å². The fourth-order valence-electron chi connectivity index (χ4n) is 1.66. The van der Waals surface area contributed by atoms with Crippen molar-refractivity contribution in [3.63, 3.8) is 0 Å². The molecular formula is C9H10N2O4S. The lowest BCUT2D eigenvalue weighted by molar-refractivity contribution is 0.111. The summed E-state index contributed by atoms with van der Waals surface area (Å²) in [7, 11) is -1.68. The Morgan fingerprint density at radius 3 is 2.75 bits per heavy atom. The van der Waals surface area contributed by atoms with E-state index in [2.05, 4.69) is 9.97 Å². The minimum Gasteiger partial charge on any atom is -0.481 e. The number of carbonyl (C=O) groups excluding carboxylic acids is 1. The first-order valence-corrected chi connectivity index (χ1v) is 6.47. The zero-order valence-corrected chi connectivity index (χ0v) is 9.45. The topological polar surface area (TPSA) is 86.2 Å². The van der Waals surface area contributed by atoms with E-state index in [1.807, 2.05) is 0 Å². The second-order valence-electron chi connectivity index (χ2n) is 3.48. The first-order valence-electron chi connectivity index (χ1n) is 4.65. The molecule has 0 N–H and O–H groups in total. The van der Waals surface area contributed by atoms with Crippen LogP contribution >= 0.6 is 0 Å². The number of ether oxygens (including phenoxy) is 1. The molecule has 0 amide bonds. The fourth-order valence-corrected chi connectivity index (χ4v) is 2.97. The Balaban J connectivity index is 2.58. The zero-order valence-electron chi connectivity index (χ0n) is 8.63. The summed E-state index contributed by atoms with van der Waals surface area (Å²) in [6, 6.07) is 0. The molecule has 0 radical (unpaired) electrons. The summed E-state index contributed by atoms with van der Waals surface area (Å²) in [6.07, 6.45) is 0.810. The van der Waals surface area contributed by atoms with E-state index in [0.29, 0.717) is 29.8 Å². The SMILES string of the molecule is COc1nc(C=O)nc2c1CCS(=O)(=O)C2. The van der Waals surface area contributed by atoms with Crippen molar-refractivity contribution in [3.05, 3.63) is 17.1 Å². The van der Waals surface area contributed by atoms with Crippen LogP contribution in [0.25, 0.3) is 0 Å². The highest BCUT2D eigenvalue weighted by molar-refractivity contribution is 7.90. The van der Waals surface area contributed by atoms with Gasteiger partial charge in [-0.05, 0) is 6.42 Å². The van der Waals surface area contributed by atoms with E-state index >= 15 is 0 Å². The van der Waals surface area contributed by atoms with E-state index in [0.717, 1.165) is 0 Å². The molecule has 7 heteroatoms. The molecule has 0 saturated heterocycles. The van der Waals surface area contributed by atoms with Crippen molar-refractivity contribution in [1.29, 1.82) is 0 Å². The lowest BCUT2D eigenvalue weighted by Crippen LogP contribution is -2.22. The molecule has 6 nitrogen and oxygen atoms in total. The molecule has 0 fully saturated rings. The summed E-state index contributed by atoms with van der Waals surface area (Å²) in [5.74, 6) is 0.164. The van der Waals surface area contributed by atoms with E-state index in [1.165, 1.54) is 7.11 Å². The molecule has 1 aromatic heterocycles. The third-order valence-corrected chi connectivity index (χ3v) is 3.93. The van der Waals surface area contributed by atoms with E-state index in [1.54, 1.807) is 0 Å². The van der Waals surface area contributed by atoms with Crippen LogP contribution in [0.4, 0.5) is 0 Å². The monoisotopic (exact) mass is 242 g/mol. The van der Waals surface area contributed by atoms with Gasteiger partial charge in [0.1, 0.15) is 0 Å². The molecule has 0 atom stereocenters. The quantitative estimate of drug-likeness (QED) is 0.666. The highest BCUT2D eigenvalue weighted by Crippen LogP contribution is 2.25. The number of methoxy groups -OCH3 is 1. The van der Waals surface area contributed by atoms with Gasteiger partial charge in [0.2, 0.25) is 5.88 Å². The van der Waals surface area contributed by atoms with Gasteiger partial charge in [0.05, 0.1) is 24.3 Å². The highest BCUT2D eigenvalue weighted by atomic mass is 32.2. The molecule has 16 heavy (non-hydrogen) atoms. The molecule has 0 aromatic carbocycles. The van der Waals surface area contributed by atoms with Crippen molar-refractivity contribution in [2.24, 2.45) is 0 Å². The van der Waals surface area contributed by atoms with Crippen LogP contribution in [-0.2, 0) is 22.0 Å². The smallest absolute Gasteiger partial charge is 0.220 e. The number of hydrogen-bond donors (Lipinski definition) is 0. The minimum absolute atomic E-state index is 0.0484. The Hall–Kier alpha value is -1.50. The van der Waals surface area contributed by atoms with Gasteiger partial charge in [-0.15, -0.1) is 0 Å². The Kier molecular flexibility index (Phi) is 2.63. The maximum absolute atomic E-state index is 11.4. The standard InChI is InChI=1S/C9H10N2O4S/c1-15-9-6-2-3-16(13,14)5-7(6)10-8(4-12)11-9/h4H,2-3,5H2,1H3. The molecule has 0 unspecified atom stereocenters. The summed E-state index contributed by atoms with van der Waals surface area (Å²) in [5, 5.41) is 0. The lowest BCUT2D eigenvalue weighted by Gasteiger charge is -2.17. The number of rotatable bonds is 2. The number of carbonyl (C=O) groups is 1. The zero-order chi connectivity index (χ0) is 11.8. The highest BCUT2D eigenvalue weighted by Gasteiger charge is 2.26. The number of hydrogen-bond acceptors (Lipinski definition) is 6. The van der Waals surface area contributed by atoms with Crippen LogP contribution in [0.3, 0.4) is 0 Å². The van der Waals surface area contributed by atoms with Crippen LogP contribution < -0.4 is 4.74 Å². The van der Waals surface area contributed by atoms with Gasteiger partial charge in [0.25, 0.3) is 0 Å². The number of nitrogens with zero attached hydrogens (tertiary/aromatic N) is 2. The van der Waals surface area contributed by atoms with Crippen LogP contribution in [-0.4, -0.2) is 37.5 Å². The average Bonchev–Trinajstić information content (AvgIpc) is 2.25. The third kappa shape index (κ3) is 1.90. The van der Waals surface area contributed by atoms with Crippen molar-refractivity contribution >= 4 is 16.1 Å². The predicted molar refractivity (Wildman–Crippen MR) is 55.2 cm³/mol. The van der Waals surface area contributed by atoms with Crippen molar-refractivity contribution in [2.75, 3.05) is 12.9 Å². The fraction of sp³-hybridized carbons (Fsp3) is 0.444. The minimum atomic E-state index is -3.11. The molecular weight excluding hydrogens is 232 g/mol. The van der Waals surface area contributed by atoms with Crippen molar-refractivity contribution in [1.82, 2.24) is 9.97 Å². The summed E-state index contributed by atoms with van der Waals surface area (Å²) in [6.45, 7) is 0. The van der Waals surface area contributed by atoms with E-state index < -0.39 is 9.84 Å². The first-order chi connectivity index (χ1) is 7.55. The molecule has 1 aliphatic rings. The third-order valence-electron chi connectivity index (χ3n) is 2.39. The van der Waals surface area contributed by atoms with Gasteiger partial charge in [-0.3, -0.25) is 4.79 Å². The Labute approximate surface area is 92.6 Å². The molecule has 1 aromatic rings. The normalized spacial score (nSPS) is 17.6. The number of fused-ring (bicyclic) bond motifs is 1. The van der Waals surface area contributed by atoms with Crippen LogP contribution in [0.5, 0.6) is 5.88 Å². The van der Waals surface area contributed by atoms with Gasteiger partial charge >= 0.3 is 0 Å². The van der Waals surface area contributed by atoms with E-state index in [4.69, 9.17) is 4.74 Å². The first kappa shape index (κ1) is 11.0. The molecule has 0 saturated carbocycles. The average molecular weight is 242 g/mol. The largest absolute Gasteiger partial charge is 0.481 e. The Bertz CT molecular complexity index is 539. The molecule has 0 aliphatic carbocycles. The van der Waals surface area contributed by atoms with Crippen LogP contribution in [0.2, 0.25) is 0 Å². The summed E-state index contributed by atoms with van der Waals surface area (Å²) in [4.78, 5) is 18.4. The number of aldehydes is 1. The maximum atomic E-state index is 11.4. The number of aromatic nitrogens is 2. The van der Waals surface area contributed by atoms with Gasteiger partial charge in [-0.1, -0.05) is 0 Å². The van der Waals surface area contributed by atoms with E-state index in [9.17, 15) is 13.2 Å². The summed E-state index contributed by atoms with van der Waals surface area (Å²) >= 11 is 0. The van der Waals surface area contributed by atoms with Gasteiger partial charge in [-0.25, -0.2) is 13.4 Å². The summed E-state index contributed by atoms with van der Waals surface area (Å²) < 4.78 is 27.9.